The third kappa shape index (κ3) is 4.23. The molecule has 0 aromatic heterocycles. The summed E-state index contributed by atoms with van der Waals surface area (Å²) in [5.74, 6) is 0.920. The summed E-state index contributed by atoms with van der Waals surface area (Å²) in [4.78, 5) is 29.7. The van der Waals surface area contributed by atoms with Crippen molar-refractivity contribution in [2.45, 2.75) is 52.0 Å². The fourth-order valence-electron chi connectivity index (χ4n) is 4.06. The van der Waals surface area contributed by atoms with Crippen LogP contribution < -0.4 is 0 Å². The molecule has 1 unspecified atom stereocenters. The van der Waals surface area contributed by atoms with Gasteiger partial charge in [-0.1, -0.05) is 44.2 Å². The molecule has 2 aliphatic heterocycles. The van der Waals surface area contributed by atoms with Gasteiger partial charge in [-0.2, -0.15) is 0 Å². The SMILES string of the molecule is CC1CCN(C(=O)[C@@H]2CCCN2C(=O)C(C)Cc2ccccc2)CC1. The summed E-state index contributed by atoms with van der Waals surface area (Å²) in [5.41, 5.74) is 1.18. The minimum atomic E-state index is -0.237. The number of likely N-dealkylation sites (tertiary alicyclic amines) is 2. The number of benzene rings is 1. The molecule has 2 atom stereocenters. The van der Waals surface area contributed by atoms with Gasteiger partial charge in [-0.15, -0.1) is 0 Å². The lowest BCUT2D eigenvalue weighted by Gasteiger charge is -2.35. The summed E-state index contributed by atoms with van der Waals surface area (Å²) < 4.78 is 0. The van der Waals surface area contributed by atoms with E-state index in [1.54, 1.807) is 0 Å². The average molecular weight is 342 g/mol. The number of carbonyl (C=O) groups is 2. The van der Waals surface area contributed by atoms with E-state index in [2.05, 4.69) is 19.1 Å². The highest BCUT2D eigenvalue weighted by molar-refractivity contribution is 5.89. The molecule has 25 heavy (non-hydrogen) atoms. The van der Waals surface area contributed by atoms with Crippen molar-refractivity contribution < 1.29 is 9.59 Å². The third-order valence-corrected chi connectivity index (χ3v) is 5.72. The van der Waals surface area contributed by atoms with Gasteiger partial charge in [-0.05, 0) is 43.6 Å². The highest BCUT2D eigenvalue weighted by Crippen LogP contribution is 2.25. The Morgan fingerprint density at radius 3 is 2.44 bits per heavy atom. The lowest BCUT2D eigenvalue weighted by atomic mass is 9.97. The fraction of sp³-hybridized carbons (Fsp3) is 0.619. The summed E-state index contributed by atoms with van der Waals surface area (Å²) in [7, 11) is 0. The molecule has 0 bridgehead atoms. The lowest BCUT2D eigenvalue weighted by molar-refractivity contribution is -0.146. The van der Waals surface area contributed by atoms with Gasteiger partial charge in [0.2, 0.25) is 11.8 Å². The first kappa shape index (κ1) is 18.0. The molecule has 2 aliphatic rings. The van der Waals surface area contributed by atoms with Gasteiger partial charge in [-0.3, -0.25) is 9.59 Å². The van der Waals surface area contributed by atoms with Crippen LogP contribution in [0.3, 0.4) is 0 Å². The van der Waals surface area contributed by atoms with Gasteiger partial charge in [0.15, 0.2) is 0 Å². The van der Waals surface area contributed by atoms with Crippen molar-refractivity contribution in [2.75, 3.05) is 19.6 Å². The van der Waals surface area contributed by atoms with Gasteiger partial charge in [0.25, 0.3) is 0 Å². The standard InChI is InChI=1S/C21H30N2O2/c1-16-10-13-22(14-11-16)21(25)19-9-6-12-23(19)20(24)17(2)15-18-7-4-3-5-8-18/h3-5,7-8,16-17,19H,6,9-15H2,1-2H3/t17?,19-/m0/s1. The largest absolute Gasteiger partial charge is 0.341 e. The molecule has 4 nitrogen and oxygen atoms in total. The number of piperidine rings is 1. The van der Waals surface area contributed by atoms with E-state index >= 15 is 0 Å². The minimum Gasteiger partial charge on any atom is -0.341 e. The zero-order chi connectivity index (χ0) is 17.8. The Kier molecular flexibility index (Phi) is 5.77. The monoisotopic (exact) mass is 342 g/mol. The van der Waals surface area contributed by atoms with E-state index in [1.165, 1.54) is 5.56 Å². The maximum Gasteiger partial charge on any atom is 0.245 e. The third-order valence-electron chi connectivity index (χ3n) is 5.72. The van der Waals surface area contributed by atoms with Gasteiger partial charge in [-0.25, -0.2) is 0 Å². The lowest BCUT2D eigenvalue weighted by Crippen LogP contribution is -2.51. The number of amides is 2. The topological polar surface area (TPSA) is 40.6 Å². The maximum absolute atomic E-state index is 13.0. The molecular weight excluding hydrogens is 312 g/mol. The van der Waals surface area contributed by atoms with E-state index in [0.29, 0.717) is 5.92 Å². The molecule has 0 radical (unpaired) electrons. The molecule has 4 heteroatoms. The molecule has 1 aromatic rings. The van der Waals surface area contributed by atoms with E-state index in [9.17, 15) is 9.59 Å². The maximum atomic E-state index is 13.0. The van der Waals surface area contributed by atoms with E-state index in [4.69, 9.17) is 0 Å². The first-order valence-electron chi connectivity index (χ1n) is 9.69. The predicted octanol–water partition coefficient (Wildman–Crippen LogP) is 3.11. The van der Waals surface area contributed by atoms with Crippen molar-refractivity contribution in [3.8, 4) is 0 Å². The molecule has 0 aliphatic carbocycles. The summed E-state index contributed by atoms with van der Waals surface area (Å²) in [6.07, 6.45) is 4.64. The summed E-state index contributed by atoms with van der Waals surface area (Å²) in [5, 5.41) is 0. The Morgan fingerprint density at radius 2 is 1.76 bits per heavy atom. The van der Waals surface area contributed by atoms with Crippen LogP contribution in [0.25, 0.3) is 0 Å². The Morgan fingerprint density at radius 1 is 1.08 bits per heavy atom. The van der Waals surface area contributed by atoms with Crippen molar-refractivity contribution >= 4 is 11.8 Å². The highest BCUT2D eigenvalue weighted by atomic mass is 16.2. The van der Waals surface area contributed by atoms with Crippen molar-refractivity contribution in [1.29, 1.82) is 0 Å². The van der Waals surface area contributed by atoms with Crippen molar-refractivity contribution in [3.63, 3.8) is 0 Å². The number of rotatable bonds is 4. The number of carbonyl (C=O) groups excluding carboxylic acids is 2. The molecule has 0 N–H and O–H groups in total. The van der Waals surface area contributed by atoms with Crippen molar-refractivity contribution in [3.05, 3.63) is 35.9 Å². The average Bonchev–Trinajstić information content (AvgIpc) is 3.11. The molecule has 136 valence electrons. The number of nitrogens with zero attached hydrogens (tertiary/aromatic N) is 2. The molecule has 0 spiro atoms. The van der Waals surface area contributed by atoms with E-state index in [-0.39, 0.29) is 23.8 Å². The van der Waals surface area contributed by atoms with Crippen LogP contribution in [-0.4, -0.2) is 47.3 Å². The predicted molar refractivity (Wildman–Crippen MR) is 99.0 cm³/mol. The zero-order valence-corrected chi connectivity index (χ0v) is 15.5. The first-order valence-corrected chi connectivity index (χ1v) is 9.69. The van der Waals surface area contributed by atoms with Crippen LogP contribution in [0.1, 0.15) is 45.1 Å². The Hall–Kier alpha value is -1.84. The second-order valence-corrected chi connectivity index (χ2v) is 7.79. The van der Waals surface area contributed by atoms with Gasteiger partial charge in [0.1, 0.15) is 6.04 Å². The second-order valence-electron chi connectivity index (χ2n) is 7.79. The highest BCUT2D eigenvalue weighted by Gasteiger charge is 2.38. The molecule has 2 fully saturated rings. The van der Waals surface area contributed by atoms with Crippen molar-refractivity contribution in [1.82, 2.24) is 9.80 Å². The zero-order valence-electron chi connectivity index (χ0n) is 15.5. The molecule has 2 heterocycles. The van der Waals surface area contributed by atoms with Crippen LogP contribution in [0, 0.1) is 11.8 Å². The summed E-state index contributed by atoms with van der Waals surface area (Å²) in [6.45, 7) is 6.64. The van der Waals surface area contributed by atoms with Crippen LogP contribution in [0.2, 0.25) is 0 Å². The van der Waals surface area contributed by atoms with Crippen LogP contribution in [0.5, 0.6) is 0 Å². The molecule has 2 amide bonds. The molecule has 3 rings (SSSR count). The van der Waals surface area contributed by atoms with Gasteiger partial charge in [0.05, 0.1) is 0 Å². The molecule has 1 aromatic carbocycles. The van der Waals surface area contributed by atoms with Gasteiger partial charge >= 0.3 is 0 Å². The van der Waals surface area contributed by atoms with Gasteiger partial charge in [0, 0.05) is 25.6 Å². The number of hydrogen-bond donors (Lipinski definition) is 0. The number of hydrogen-bond acceptors (Lipinski definition) is 2. The van der Waals surface area contributed by atoms with E-state index in [0.717, 1.165) is 51.7 Å². The minimum absolute atomic E-state index is 0.0859. The van der Waals surface area contributed by atoms with Crippen molar-refractivity contribution in [2.24, 2.45) is 11.8 Å². The smallest absolute Gasteiger partial charge is 0.245 e. The van der Waals surface area contributed by atoms with Crippen LogP contribution >= 0.6 is 0 Å². The van der Waals surface area contributed by atoms with Gasteiger partial charge < -0.3 is 9.80 Å². The second kappa shape index (κ2) is 8.03. The normalized spacial score (nSPS) is 22.9. The van der Waals surface area contributed by atoms with E-state index < -0.39 is 0 Å². The molecule has 0 saturated carbocycles. The summed E-state index contributed by atoms with van der Waals surface area (Å²) in [6, 6.07) is 9.89. The fourth-order valence-corrected chi connectivity index (χ4v) is 4.06. The van der Waals surface area contributed by atoms with Crippen LogP contribution in [-0.2, 0) is 16.0 Å². The Balaban J connectivity index is 1.62. The molecule has 2 saturated heterocycles. The first-order chi connectivity index (χ1) is 12.1. The van der Waals surface area contributed by atoms with Crippen LogP contribution in [0.15, 0.2) is 30.3 Å². The Bertz CT molecular complexity index is 593. The molecular formula is C21H30N2O2. The Labute approximate surface area is 151 Å². The van der Waals surface area contributed by atoms with Crippen LogP contribution in [0.4, 0.5) is 0 Å². The summed E-state index contributed by atoms with van der Waals surface area (Å²) >= 11 is 0. The quantitative estimate of drug-likeness (QED) is 0.843. The van der Waals surface area contributed by atoms with E-state index in [1.807, 2.05) is 34.9 Å².